The molecule has 1 saturated carbocycles. The quantitative estimate of drug-likeness (QED) is 0.761. The van der Waals surface area contributed by atoms with E-state index in [-0.39, 0.29) is 0 Å². The van der Waals surface area contributed by atoms with E-state index in [1.54, 1.807) is 0 Å². The lowest BCUT2D eigenvalue weighted by atomic mass is 9.82. The number of rotatable bonds is 1. The second-order valence-corrected chi connectivity index (χ2v) is 7.38. The summed E-state index contributed by atoms with van der Waals surface area (Å²) in [6, 6.07) is 1.67. The van der Waals surface area contributed by atoms with Crippen LogP contribution in [0.25, 0.3) is 0 Å². The van der Waals surface area contributed by atoms with Crippen LogP contribution in [0.5, 0.6) is 0 Å². The molecule has 100 valence electrons. The Kier molecular flexibility index (Phi) is 3.57. The van der Waals surface area contributed by atoms with Gasteiger partial charge in [0.2, 0.25) is 0 Å². The molecule has 0 aromatic heterocycles. The number of nitrogens with two attached hydrogens (primary N) is 1. The first-order valence-electron chi connectivity index (χ1n) is 7.34. The Labute approximate surface area is 107 Å². The van der Waals surface area contributed by atoms with Crippen molar-refractivity contribution in [2.75, 3.05) is 6.54 Å². The van der Waals surface area contributed by atoms with Crippen LogP contribution in [0.2, 0.25) is 0 Å². The monoisotopic (exact) mass is 238 g/mol. The van der Waals surface area contributed by atoms with Crippen molar-refractivity contribution in [3.8, 4) is 0 Å². The van der Waals surface area contributed by atoms with Gasteiger partial charge in [0.05, 0.1) is 0 Å². The smallest absolute Gasteiger partial charge is 0.0255 e. The zero-order valence-corrected chi connectivity index (χ0v) is 12.2. The average Bonchev–Trinajstić information content (AvgIpc) is 2.49. The SMILES string of the molecule is CC1CC(C)C(C)N(C2CCC(C)(C)C2N)C1. The highest BCUT2D eigenvalue weighted by Gasteiger charge is 2.45. The molecule has 0 amide bonds. The molecule has 5 unspecified atom stereocenters. The molecule has 0 radical (unpaired) electrons. The zero-order valence-electron chi connectivity index (χ0n) is 12.2. The van der Waals surface area contributed by atoms with Gasteiger partial charge >= 0.3 is 0 Å². The average molecular weight is 238 g/mol. The predicted molar refractivity (Wildman–Crippen MR) is 73.9 cm³/mol. The first-order chi connectivity index (χ1) is 7.83. The van der Waals surface area contributed by atoms with Gasteiger partial charge in [-0.1, -0.05) is 27.7 Å². The molecule has 1 heterocycles. The molecule has 0 aromatic rings. The van der Waals surface area contributed by atoms with E-state index in [1.807, 2.05) is 0 Å². The van der Waals surface area contributed by atoms with Crippen LogP contribution in [0.3, 0.4) is 0 Å². The summed E-state index contributed by atoms with van der Waals surface area (Å²) in [6.07, 6.45) is 3.95. The molecule has 2 aliphatic rings. The first-order valence-corrected chi connectivity index (χ1v) is 7.34. The third kappa shape index (κ3) is 2.39. The molecule has 1 aliphatic carbocycles. The molecule has 0 bridgehead atoms. The second-order valence-electron chi connectivity index (χ2n) is 7.38. The van der Waals surface area contributed by atoms with Gasteiger partial charge in [-0.3, -0.25) is 4.90 Å². The minimum Gasteiger partial charge on any atom is -0.326 e. The molecule has 0 spiro atoms. The number of hydrogen-bond donors (Lipinski definition) is 1. The van der Waals surface area contributed by atoms with Crippen LogP contribution < -0.4 is 5.73 Å². The zero-order chi connectivity index (χ0) is 12.8. The lowest BCUT2D eigenvalue weighted by molar-refractivity contribution is 0.0313. The van der Waals surface area contributed by atoms with Crippen molar-refractivity contribution < 1.29 is 0 Å². The molecule has 1 saturated heterocycles. The minimum atomic E-state index is 0.328. The maximum atomic E-state index is 6.50. The van der Waals surface area contributed by atoms with E-state index in [0.29, 0.717) is 23.5 Å². The molecule has 17 heavy (non-hydrogen) atoms. The fourth-order valence-corrected chi connectivity index (χ4v) is 3.96. The van der Waals surface area contributed by atoms with Crippen LogP contribution in [0.15, 0.2) is 0 Å². The lowest BCUT2D eigenvalue weighted by Crippen LogP contribution is -2.56. The maximum Gasteiger partial charge on any atom is 0.0255 e. The Morgan fingerprint density at radius 2 is 1.82 bits per heavy atom. The number of hydrogen-bond acceptors (Lipinski definition) is 2. The largest absolute Gasteiger partial charge is 0.326 e. The van der Waals surface area contributed by atoms with E-state index >= 15 is 0 Å². The topological polar surface area (TPSA) is 29.3 Å². The lowest BCUT2D eigenvalue weighted by Gasteiger charge is -2.46. The van der Waals surface area contributed by atoms with Crippen molar-refractivity contribution in [1.82, 2.24) is 4.90 Å². The Morgan fingerprint density at radius 1 is 1.18 bits per heavy atom. The van der Waals surface area contributed by atoms with Crippen LogP contribution in [0, 0.1) is 17.3 Å². The Hall–Kier alpha value is -0.0800. The highest BCUT2D eigenvalue weighted by molar-refractivity contribution is 5.01. The summed E-state index contributed by atoms with van der Waals surface area (Å²) in [6.45, 7) is 13.1. The van der Waals surface area contributed by atoms with E-state index in [1.165, 1.54) is 25.8 Å². The van der Waals surface area contributed by atoms with Gasteiger partial charge in [0.15, 0.2) is 0 Å². The third-order valence-electron chi connectivity index (χ3n) is 5.47. The second kappa shape index (κ2) is 4.55. The van der Waals surface area contributed by atoms with E-state index in [4.69, 9.17) is 5.73 Å². The van der Waals surface area contributed by atoms with Gasteiger partial charge in [-0.15, -0.1) is 0 Å². The first kappa shape index (κ1) is 13.4. The van der Waals surface area contributed by atoms with Gasteiger partial charge in [-0.25, -0.2) is 0 Å². The van der Waals surface area contributed by atoms with Crippen molar-refractivity contribution >= 4 is 0 Å². The van der Waals surface area contributed by atoms with Crippen molar-refractivity contribution in [3.63, 3.8) is 0 Å². The van der Waals surface area contributed by atoms with Gasteiger partial charge in [0, 0.05) is 24.7 Å². The molecule has 2 heteroatoms. The molecule has 2 nitrogen and oxygen atoms in total. The summed E-state index contributed by atoms with van der Waals surface area (Å²) < 4.78 is 0. The molecule has 0 aromatic carbocycles. The predicted octanol–water partition coefficient (Wildman–Crippen LogP) is 2.87. The molecule has 1 aliphatic heterocycles. The standard InChI is InChI=1S/C15H30N2/c1-10-8-11(2)12(3)17(9-10)13-6-7-15(4,5)14(13)16/h10-14H,6-9,16H2,1-5H3. The van der Waals surface area contributed by atoms with Crippen molar-refractivity contribution in [3.05, 3.63) is 0 Å². The fourth-order valence-electron chi connectivity index (χ4n) is 3.96. The van der Waals surface area contributed by atoms with Crippen LogP contribution >= 0.6 is 0 Å². The summed E-state index contributed by atoms with van der Waals surface area (Å²) in [5.74, 6) is 1.65. The van der Waals surface area contributed by atoms with Crippen LogP contribution in [0.4, 0.5) is 0 Å². The van der Waals surface area contributed by atoms with Crippen molar-refractivity contribution in [1.29, 1.82) is 0 Å². The number of likely N-dealkylation sites (tertiary alicyclic amines) is 1. The van der Waals surface area contributed by atoms with E-state index in [9.17, 15) is 0 Å². The summed E-state index contributed by atoms with van der Waals surface area (Å²) in [7, 11) is 0. The Bertz CT molecular complexity index is 274. The maximum absolute atomic E-state index is 6.50. The summed E-state index contributed by atoms with van der Waals surface area (Å²) >= 11 is 0. The van der Waals surface area contributed by atoms with E-state index in [0.717, 1.165) is 11.8 Å². The van der Waals surface area contributed by atoms with Gasteiger partial charge < -0.3 is 5.73 Å². The summed E-state index contributed by atoms with van der Waals surface area (Å²) in [5, 5.41) is 0. The summed E-state index contributed by atoms with van der Waals surface area (Å²) in [4.78, 5) is 2.72. The Morgan fingerprint density at radius 3 is 2.35 bits per heavy atom. The third-order valence-corrected chi connectivity index (χ3v) is 5.47. The van der Waals surface area contributed by atoms with E-state index in [2.05, 4.69) is 39.5 Å². The van der Waals surface area contributed by atoms with Crippen LogP contribution in [-0.4, -0.2) is 29.6 Å². The fraction of sp³-hybridized carbons (Fsp3) is 1.00. The van der Waals surface area contributed by atoms with Gasteiger partial charge in [-0.05, 0) is 43.4 Å². The molecule has 5 atom stereocenters. The molecule has 2 fully saturated rings. The number of nitrogens with zero attached hydrogens (tertiary/aromatic N) is 1. The van der Waals surface area contributed by atoms with Crippen LogP contribution in [-0.2, 0) is 0 Å². The van der Waals surface area contributed by atoms with E-state index < -0.39 is 0 Å². The minimum absolute atomic E-state index is 0.328. The highest BCUT2D eigenvalue weighted by Crippen LogP contribution is 2.41. The van der Waals surface area contributed by atoms with Crippen molar-refractivity contribution in [2.24, 2.45) is 23.0 Å². The number of piperidine rings is 1. The summed E-state index contributed by atoms with van der Waals surface area (Å²) in [5.41, 5.74) is 6.83. The van der Waals surface area contributed by atoms with Gasteiger partial charge in [0.25, 0.3) is 0 Å². The molecule has 2 rings (SSSR count). The van der Waals surface area contributed by atoms with Crippen LogP contribution in [0.1, 0.15) is 53.9 Å². The normalized spacial score (nSPS) is 47.3. The molecule has 2 N–H and O–H groups in total. The van der Waals surface area contributed by atoms with Gasteiger partial charge in [0.1, 0.15) is 0 Å². The highest BCUT2D eigenvalue weighted by atomic mass is 15.2. The Balaban J connectivity index is 2.11. The molecular formula is C15H30N2. The van der Waals surface area contributed by atoms with Crippen molar-refractivity contribution in [2.45, 2.75) is 72.0 Å². The van der Waals surface area contributed by atoms with Gasteiger partial charge in [-0.2, -0.15) is 0 Å². The molecular weight excluding hydrogens is 208 g/mol.